The molecule has 10 heteroatoms. The van der Waals surface area contributed by atoms with Crippen molar-refractivity contribution in [2.75, 3.05) is 11.5 Å². The molecule has 0 spiro atoms. The summed E-state index contributed by atoms with van der Waals surface area (Å²) in [6, 6.07) is 0. The number of nitrogens with zero attached hydrogens (tertiary/aromatic N) is 3. The average molecular weight is 337 g/mol. The van der Waals surface area contributed by atoms with E-state index in [1.54, 1.807) is 22.6 Å². The lowest BCUT2D eigenvalue weighted by Gasteiger charge is -2.03. The average Bonchev–Trinajstić information content (AvgIpc) is 2.20. The topological polar surface area (TPSA) is 169 Å². The third-order valence-electron chi connectivity index (χ3n) is 1.33. The monoisotopic (exact) mass is 337 g/mol. The second kappa shape index (κ2) is 4.78. The zero-order valence-corrected chi connectivity index (χ0v) is 10.0. The molecule has 0 fully saturated rings. The molecular weight excluding hydrogens is 329 g/mol. The molecule has 86 valence electrons. The van der Waals surface area contributed by atoms with E-state index >= 15 is 0 Å². The Bertz CT molecular complexity index is 456. The van der Waals surface area contributed by atoms with Gasteiger partial charge in [-0.3, -0.25) is 0 Å². The fourth-order valence-corrected chi connectivity index (χ4v) is 1.09. The van der Waals surface area contributed by atoms with Crippen LogP contribution in [0.1, 0.15) is 10.5 Å². The number of aromatic nitrogens is 2. The predicted octanol–water partition coefficient (Wildman–Crippen LogP) is -1.41. The summed E-state index contributed by atoms with van der Waals surface area (Å²) in [5.74, 6) is -1.36. The first-order valence-electron chi connectivity index (χ1n) is 3.80. The maximum Gasteiger partial charge on any atom is 0.387 e. The van der Waals surface area contributed by atoms with Gasteiger partial charge in [0, 0.05) is 0 Å². The van der Waals surface area contributed by atoms with Gasteiger partial charge in [0.25, 0.3) is 0 Å². The van der Waals surface area contributed by atoms with Gasteiger partial charge in [0.1, 0.15) is 3.70 Å². The summed E-state index contributed by atoms with van der Waals surface area (Å²) in [7, 11) is 0. The van der Waals surface area contributed by atoms with Gasteiger partial charge in [-0.2, -0.15) is 0 Å². The minimum Gasteiger partial charge on any atom is -0.382 e. The maximum atomic E-state index is 11.4. The summed E-state index contributed by atoms with van der Waals surface area (Å²) in [5, 5.41) is 3.06. The van der Waals surface area contributed by atoms with Crippen LogP contribution in [0.4, 0.5) is 11.6 Å². The molecule has 0 aliphatic heterocycles. The third-order valence-corrected chi connectivity index (χ3v) is 2.13. The van der Waals surface area contributed by atoms with Crippen LogP contribution >= 0.6 is 22.6 Å². The van der Waals surface area contributed by atoms with Gasteiger partial charge in [-0.25, -0.2) is 14.8 Å². The van der Waals surface area contributed by atoms with Crippen molar-refractivity contribution < 1.29 is 9.63 Å². The normalized spacial score (nSPS) is 9.56. The molecule has 8 N–H and O–H groups in total. The Morgan fingerprint density at radius 1 is 1.25 bits per heavy atom. The first kappa shape index (κ1) is 12.2. The molecule has 0 unspecified atom stereocenters. The molecular formula is C6H8IN7O2. The van der Waals surface area contributed by atoms with Gasteiger partial charge in [0.2, 0.25) is 5.96 Å². The fraction of sp³-hybridized carbons (Fsp3) is 0. The molecule has 0 amide bonds. The van der Waals surface area contributed by atoms with E-state index in [1.807, 2.05) is 0 Å². The van der Waals surface area contributed by atoms with E-state index in [0.717, 1.165) is 0 Å². The molecule has 0 saturated carbocycles. The van der Waals surface area contributed by atoms with Crippen molar-refractivity contribution in [2.24, 2.45) is 16.6 Å². The van der Waals surface area contributed by atoms with E-state index in [9.17, 15) is 4.79 Å². The van der Waals surface area contributed by atoms with Crippen molar-refractivity contribution in [1.82, 2.24) is 9.97 Å². The first-order chi connectivity index (χ1) is 7.41. The summed E-state index contributed by atoms with van der Waals surface area (Å²) in [6.45, 7) is 0. The van der Waals surface area contributed by atoms with Gasteiger partial charge in [0.15, 0.2) is 17.3 Å². The molecule has 0 atom stereocenters. The number of anilines is 2. The molecule has 1 rings (SSSR count). The zero-order valence-electron chi connectivity index (χ0n) is 7.85. The number of nitrogen functional groups attached to an aromatic ring is 2. The van der Waals surface area contributed by atoms with Crippen LogP contribution in [0, 0.1) is 3.70 Å². The Kier molecular flexibility index (Phi) is 3.65. The van der Waals surface area contributed by atoms with Gasteiger partial charge in [-0.1, -0.05) is 0 Å². The van der Waals surface area contributed by atoms with Gasteiger partial charge >= 0.3 is 5.97 Å². The molecule has 1 heterocycles. The van der Waals surface area contributed by atoms with Crippen LogP contribution in [0.5, 0.6) is 0 Å². The molecule has 0 aliphatic rings. The quantitative estimate of drug-likeness (QED) is 0.168. The van der Waals surface area contributed by atoms with Crippen molar-refractivity contribution >= 4 is 46.2 Å². The Morgan fingerprint density at radius 2 is 1.88 bits per heavy atom. The summed E-state index contributed by atoms with van der Waals surface area (Å²) in [5.41, 5.74) is 20.6. The Hall–Kier alpha value is -1.85. The van der Waals surface area contributed by atoms with Crippen molar-refractivity contribution in [3.8, 4) is 0 Å². The molecule has 1 aromatic rings. The number of carbonyl (C=O) groups is 1. The standard InChI is InChI=1S/C6H8IN7O2/c7-2-4(9)13-3(8)1(12-2)5(15)16-14-6(10)11/h(H4,8,9,13)(H4,10,11,14). The third kappa shape index (κ3) is 2.82. The van der Waals surface area contributed by atoms with Crippen LogP contribution in [0.15, 0.2) is 5.16 Å². The predicted molar refractivity (Wildman–Crippen MR) is 64.8 cm³/mol. The number of hydrogen-bond acceptors (Lipinski definition) is 7. The van der Waals surface area contributed by atoms with Crippen LogP contribution in [0.3, 0.4) is 0 Å². The lowest BCUT2D eigenvalue weighted by molar-refractivity contribution is 0.0509. The van der Waals surface area contributed by atoms with Crippen LogP contribution in [-0.4, -0.2) is 21.9 Å². The lowest BCUT2D eigenvalue weighted by atomic mass is 10.4. The Balaban J connectivity index is 3.00. The first-order valence-corrected chi connectivity index (χ1v) is 4.88. The molecule has 0 radical (unpaired) electrons. The highest BCUT2D eigenvalue weighted by atomic mass is 127. The van der Waals surface area contributed by atoms with E-state index in [0.29, 0.717) is 3.70 Å². The molecule has 9 nitrogen and oxygen atoms in total. The Labute approximate surface area is 103 Å². The number of nitrogens with two attached hydrogens (primary N) is 4. The van der Waals surface area contributed by atoms with Crippen LogP contribution < -0.4 is 22.9 Å². The van der Waals surface area contributed by atoms with E-state index in [1.165, 1.54) is 0 Å². The molecule has 0 bridgehead atoms. The van der Waals surface area contributed by atoms with Crippen LogP contribution in [0.25, 0.3) is 0 Å². The van der Waals surface area contributed by atoms with Crippen molar-refractivity contribution in [3.05, 3.63) is 9.39 Å². The van der Waals surface area contributed by atoms with Crippen molar-refractivity contribution in [2.45, 2.75) is 0 Å². The largest absolute Gasteiger partial charge is 0.387 e. The van der Waals surface area contributed by atoms with Gasteiger partial charge in [-0.05, 0) is 27.7 Å². The lowest BCUT2D eigenvalue weighted by Crippen LogP contribution is -2.24. The molecule has 16 heavy (non-hydrogen) atoms. The maximum absolute atomic E-state index is 11.4. The second-order valence-corrected chi connectivity index (χ2v) is 3.55. The van der Waals surface area contributed by atoms with Crippen LogP contribution in [0.2, 0.25) is 0 Å². The van der Waals surface area contributed by atoms with Gasteiger partial charge in [0.05, 0.1) is 0 Å². The van der Waals surface area contributed by atoms with Crippen LogP contribution in [-0.2, 0) is 4.84 Å². The number of hydrogen-bond donors (Lipinski definition) is 4. The van der Waals surface area contributed by atoms with E-state index in [-0.39, 0.29) is 17.3 Å². The molecule has 0 aromatic carbocycles. The smallest absolute Gasteiger partial charge is 0.382 e. The SMILES string of the molecule is NC(N)=NOC(=O)c1nc(I)c(N)nc1N. The summed E-state index contributed by atoms with van der Waals surface area (Å²) >= 11 is 1.79. The minimum atomic E-state index is -0.920. The zero-order chi connectivity index (χ0) is 12.3. The van der Waals surface area contributed by atoms with Crippen molar-refractivity contribution in [1.29, 1.82) is 0 Å². The van der Waals surface area contributed by atoms with E-state index < -0.39 is 11.9 Å². The Morgan fingerprint density at radius 3 is 2.44 bits per heavy atom. The number of carbonyl (C=O) groups excluding carboxylic acids is 1. The molecule has 0 aliphatic carbocycles. The summed E-state index contributed by atoms with van der Waals surface area (Å²) in [4.78, 5) is 23.2. The second-order valence-electron chi connectivity index (χ2n) is 2.53. The number of guanidine groups is 1. The highest BCUT2D eigenvalue weighted by Crippen LogP contribution is 2.15. The number of halogens is 1. The highest BCUT2D eigenvalue weighted by molar-refractivity contribution is 14.1. The summed E-state index contributed by atoms with van der Waals surface area (Å²) < 4.78 is 0.323. The van der Waals surface area contributed by atoms with Crippen molar-refractivity contribution in [3.63, 3.8) is 0 Å². The highest BCUT2D eigenvalue weighted by Gasteiger charge is 2.17. The number of rotatable bonds is 2. The fourth-order valence-electron chi connectivity index (χ4n) is 0.729. The van der Waals surface area contributed by atoms with Gasteiger partial charge < -0.3 is 27.8 Å². The van der Waals surface area contributed by atoms with E-state index in [2.05, 4.69) is 20.0 Å². The molecule has 1 aromatic heterocycles. The van der Waals surface area contributed by atoms with Gasteiger partial charge in [-0.15, -0.1) is 0 Å². The van der Waals surface area contributed by atoms with E-state index in [4.69, 9.17) is 22.9 Å². The number of oxime groups is 1. The molecule has 0 saturated heterocycles. The summed E-state index contributed by atoms with van der Waals surface area (Å²) in [6.07, 6.45) is 0. The minimum absolute atomic E-state index is 0.122.